The highest BCUT2D eigenvalue weighted by atomic mass is 32.2. The summed E-state index contributed by atoms with van der Waals surface area (Å²) in [7, 11) is -2.79. The molecular formula is C13H26N2O2S. The molecule has 18 heavy (non-hydrogen) atoms. The second-order valence-corrected chi connectivity index (χ2v) is 8.33. The van der Waals surface area contributed by atoms with Gasteiger partial charge < -0.3 is 10.2 Å². The van der Waals surface area contributed by atoms with E-state index < -0.39 is 9.84 Å². The number of likely N-dealkylation sites (tertiary alicyclic amines) is 1. The van der Waals surface area contributed by atoms with Crippen LogP contribution < -0.4 is 5.32 Å². The molecule has 0 aromatic rings. The van der Waals surface area contributed by atoms with Gasteiger partial charge in [-0.1, -0.05) is 13.8 Å². The summed E-state index contributed by atoms with van der Waals surface area (Å²) in [6, 6.07) is 0.165. The molecule has 3 unspecified atom stereocenters. The van der Waals surface area contributed by atoms with E-state index in [9.17, 15) is 8.42 Å². The number of rotatable bonds is 3. The van der Waals surface area contributed by atoms with E-state index >= 15 is 0 Å². The van der Waals surface area contributed by atoms with Crippen molar-refractivity contribution >= 4 is 9.84 Å². The van der Waals surface area contributed by atoms with Crippen molar-refractivity contribution in [1.82, 2.24) is 10.2 Å². The Morgan fingerprint density at radius 3 is 2.72 bits per heavy atom. The van der Waals surface area contributed by atoms with Crippen molar-refractivity contribution in [2.45, 2.75) is 32.7 Å². The molecule has 0 aromatic heterocycles. The van der Waals surface area contributed by atoms with E-state index in [0.717, 1.165) is 24.8 Å². The van der Waals surface area contributed by atoms with Gasteiger partial charge in [0.05, 0.1) is 11.5 Å². The van der Waals surface area contributed by atoms with Crippen LogP contribution in [0.4, 0.5) is 0 Å². The largest absolute Gasteiger partial charge is 0.312 e. The minimum atomic E-state index is -2.79. The van der Waals surface area contributed by atoms with Crippen LogP contribution in [0.5, 0.6) is 0 Å². The topological polar surface area (TPSA) is 49.4 Å². The Hall–Kier alpha value is -0.130. The maximum absolute atomic E-state index is 11.6. The van der Waals surface area contributed by atoms with Gasteiger partial charge in [-0.2, -0.15) is 0 Å². The smallest absolute Gasteiger partial charge is 0.153 e. The van der Waals surface area contributed by atoms with Gasteiger partial charge in [0.25, 0.3) is 0 Å². The summed E-state index contributed by atoms with van der Waals surface area (Å²) in [6.45, 7) is 8.65. The van der Waals surface area contributed by atoms with Crippen LogP contribution >= 0.6 is 0 Å². The zero-order valence-electron chi connectivity index (χ0n) is 11.6. The van der Waals surface area contributed by atoms with Gasteiger partial charge in [-0.25, -0.2) is 8.42 Å². The molecule has 2 heterocycles. The van der Waals surface area contributed by atoms with Gasteiger partial charge in [-0.05, 0) is 37.8 Å². The maximum Gasteiger partial charge on any atom is 0.153 e. The number of piperidine rings is 1. The third-order valence-electron chi connectivity index (χ3n) is 4.51. The molecule has 3 atom stereocenters. The molecule has 4 nitrogen and oxygen atoms in total. The van der Waals surface area contributed by atoms with E-state index in [0.29, 0.717) is 18.1 Å². The summed E-state index contributed by atoms with van der Waals surface area (Å²) in [5, 5.41) is 3.33. The predicted molar refractivity (Wildman–Crippen MR) is 74.4 cm³/mol. The Bertz CT molecular complexity index is 369. The molecule has 1 N–H and O–H groups in total. The molecule has 0 spiro atoms. The Morgan fingerprint density at radius 1 is 1.28 bits per heavy atom. The monoisotopic (exact) mass is 274 g/mol. The number of hydrogen-bond donors (Lipinski definition) is 1. The first kappa shape index (κ1) is 14.3. The van der Waals surface area contributed by atoms with E-state index in [1.54, 1.807) is 0 Å². The molecule has 2 rings (SSSR count). The van der Waals surface area contributed by atoms with E-state index in [-0.39, 0.29) is 6.04 Å². The highest BCUT2D eigenvalue weighted by molar-refractivity contribution is 7.91. The Balaban J connectivity index is 1.75. The first-order valence-corrected chi connectivity index (χ1v) is 8.94. The van der Waals surface area contributed by atoms with Crippen LogP contribution in [0.2, 0.25) is 0 Å². The summed E-state index contributed by atoms with van der Waals surface area (Å²) in [4.78, 5) is 2.49. The highest BCUT2D eigenvalue weighted by Gasteiger charge is 2.26. The van der Waals surface area contributed by atoms with Gasteiger partial charge >= 0.3 is 0 Å². The Morgan fingerprint density at radius 2 is 2.06 bits per heavy atom. The van der Waals surface area contributed by atoms with E-state index in [4.69, 9.17) is 0 Å². The van der Waals surface area contributed by atoms with Crippen LogP contribution in [0.25, 0.3) is 0 Å². The molecule has 2 aliphatic rings. The molecule has 2 fully saturated rings. The zero-order chi connectivity index (χ0) is 13.2. The van der Waals surface area contributed by atoms with Gasteiger partial charge in [0.15, 0.2) is 9.84 Å². The fourth-order valence-electron chi connectivity index (χ4n) is 2.94. The SMILES string of the molecule is CC1CCN(CCC2CS(=O)(=O)CCN2)CC1C. The minimum Gasteiger partial charge on any atom is -0.312 e. The quantitative estimate of drug-likeness (QED) is 0.825. The fourth-order valence-corrected chi connectivity index (χ4v) is 4.44. The summed E-state index contributed by atoms with van der Waals surface area (Å²) < 4.78 is 23.1. The van der Waals surface area contributed by atoms with Crippen LogP contribution in [0.15, 0.2) is 0 Å². The number of hydrogen-bond acceptors (Lipinski definition) is 4. The standard InChI is InChI=1S/C13H26N2O2S/c1-11-3-6-15(9-12(11)2)7-4-13-10-18(16,17)8-5-14-13/h11-14H,3-10H2,1-2H3. The average Bonchev–Trinajstić information content (AvgIpc) is 2.29. The van der Waals surface area contributed by atoms with Crippen molar-refractivity contribution in [3.05, 3.63) is 0 Å². The molecule has 0 bridgehead atoms. The van der Waals surface area contributed by atoms with E-state index in [2.05, 4.69) is 24.1 Å². The summed E-state index contributed by atoms with van der Waals surface area (Å²) >= 11 is 0. The first-order valence-electron chi connectivity index (χ1n) is 7.12. The van der Waals surface area contributed by atoms with Gasteiger partial charge in [0.1, 0.15) is 0 Å². The van der Waals surface area contributed by atoms with Gasteiger partial charge in [-0.15, -0.1) is 0 Å². The lowest BCUT2D eigenvalue weighted by molar-refractivity contribution is 0.134. The Kier molecular flexibility index (Phi) is 4.67. The maximum atomic E-state index is 11.6. The number of nitrogens with one attached hydrogen (secondary N) is 1. The second kappa shape index (κ2) is 5.88. The molecule has 2 aliphatic heterocycles. The molecule has 0 aromatic carbocycles. The van der Waals surface area contributed by atoms with Crippen molar-refractivity contribution in [3.63, 3.8) is 0 Å². The minimum absolute atomic E-state index is 0.165. The van der Waals surface area contributed by atoms with Gasteiger partial charge in [-0.3, -0.25) is 0 Å². The molecule has 106 valence electrons. The second-order valence-electron chi connectivity index (χ2n) is 6.10. The van der Waals surface area contributed by atoms with E-state index in [1.165, 1.54) is 19.5 Å². The normalized spacial score (nSPS) is 37.6. The van der Waals surface area contributed by atoms with Crippen molar-refractivity contribution < 1.29 is 8.42 Å². The zero-order valence-corrected chi connectivity index (χ0v) is 12.4. The fraction of sp³-hybridized carbons (Fsp3) is 1.00. The van der Waals surface area contributed by atoms with Crippen molar-refractivity contribution in [3.8, 4) is 0 Å². The molecule has 5 heteroatoms. The molecular weight excluding hydrogens is 248 g/mol. The van der Waals surface area contributed by atoms with Gasteiger partial charge in [0.2, 0.25) is 0 Å². The Labute approximate surface area is 111 Å². The lowest BCUT2D eigenvalue weighted by Gasteiger charge is -2.36. The van der Waals surface area contributed by atoms with Crippen LogP contribution in [-0.4, -0.2) is 57.0 Å². The summed E-state index contributed by atoms with van der Waals surface area (Å²) in [5.74, 6) is 2.23. The summed E-state index contributed by atoms with van der Waals surface area (Å²) in [5.41, 5.74) is 0. The van der Waals surface area contributed by atoms with Crippen LogP contribution in [0.3, 0.4) is 0 Å². The van der Waals surface area contributed by atoms with Crippen molar-refractivity contribution in [2.75, 3.05) is 37.7 Å². The summed E-state index contributed by atoms with van der Waals surface area (Å²) in [6.07, 6.45) is 2.23. The van der Waals surface area contributed by atoms with Crippen molar-refractivity contribution in [1.29, 1.82) is 0 Å². The number of nitrogens with zero attached hydrogens (tertiary/aromatic N) is 1. The first-order chi connectivity index (χ1) is 8.46. The predicted octanol–water partition coefficient (Wildman–Crippen LogP) is 0.741. The van der Waals surface area contributed by atoms with E-state index in [1.807, 2.05) is 0 Å². The highest BCUT2D eigenvalue weighted by Crippen LogP contribution is 2.22. The van der Waals surface area contributed by atoms with Crippen molar-refractivity contribution in [2.24, 2.45) is 11.8 Å². The van der Waals surface area contributed by atoms with Crippen LogP contribution in [0.1, 0.15) is 26.7 Å². The molecule has 0 saturated carbocycles. The average molecular weight is 274 g/mol. The van der Waals surface area contributed by atoms with Crippen LogP contribution in [0, 0.1) is 11.8 Å². The lowest BCUT2D eigenvalue weighted by atomic mass is 9.88. The van der Waals surface area contributed by atoms with Gasteiger partial charge in [0, 0.05) is 19.1 Å². The molecule has 0 aliphatic carbocycles. The molecule has 2 saturated heterocycles. The lowest BCUT2D eigenvalue weighted by Crippen LogP contribution is -2.47. The third-order valence-corrected chi connectivity index (χ3v) is 6.25. The third kappa shape index (κ3) is 3.93. The molecule has 0 radical (unpaired) electrons. The number of sulfone groups is 1. The van der Waals surface area contributed by atoms with Crippen LogP contribution in [-0.2, 0) is 9.84 Å². The molecule has 0 amide bonds.